The first-order valence-corrected chi connectivity index (χ1v) is 4.82. The fraction of sp³-hybridized carbons (Fsp3) is 0.100. The van der Waals surface area contributed by atoms with E-state index >= 15 is 0 Å². The van der Waals surface area contributed by atoms with Crippen LogP contribution in [-0.4, -0.2) is 4.37 Å². The number of aryl methyl sites for hydroxylation is 1. The Hall–Kier alpha value is -1.35. The summed E-state index contributed by atoms with van der Waals surface area (Å²) in [7, 11) is 0. The maximum Gasteiger partial charge on any atom is 0.158 e. The van der Waals surface area contributed by atoms with Crippen molar-refractivity contribution in [1.82, 2.24) is 4.37 Å². The Bertz CT molecular complexity index is 366. The maximum atomic E-state index is 5.52. The van der Waals surface area contributed by atoms with E-state index in [1.165, 1.54) is 17.1 Å². The van der Waals surface area contributed by atoms with Crippen molar-refractivity contribution in [2.45, 2.75) is 6.92 Å². The average molecular weight is 191 g/mol. The number of aromatic nitrogens is 1. The summed E-state index contributed by atoms with van der Waals surface area (Å²) in [6.45, 7) is 2.05. The van der Waals surface area contributed by atoms with Gasteiger partial charge in [-0.25, -0.2) is 0 Å². The predicted octanol–water partition coefficient (Wildman–Crippen LogP) is 3.24. The molecule has 0 aliphatic rings. The van der Waals surface area contributed by atoms with Gasteiger partial charge in [0.15, 0.2) is 5.75 Å². The topological polar surface area (TPSA) is 22.1 Å². The summed E-state index contributed by atoms with van der Waals surface area (Å²) >= 11 is 1.39. The number of ether oxygens (including phenoxy) is 1. The number of nitrogens with zero attached hydrogens (tertiary/aromatic N) is 1. The molecule has 0 saturated carbocycles. The van der Waals surface area contributed by atoms with Crippen LogP contribution in [0, 0.1) is 6.92 Å². The first-order valence-electron chi connectivity index (χ1n) is 3.98. The molecule has 13 heavy (non-hydrogen) atoms. The predicted molar refractivity (Wildman–Crippen MR) is 53.4 cm³/mol. The summed E-state index contributed by atoms with van der Waals surface area (Å²) in [6.07, 6.45) is 1.71. The van der Waals surface area contributed by atoms with Gasteiger partial charge in [-0.1, -0.05) is 17.7 Å². The highest BCUT2D eigenvalue weighted by molar-refractivity contribution is 7.03. The van der Waals surface area contributed by atoms with E-state index < -0.39 is 0 Å². The second-order valence-corrected chi connectivity index (χ2v) is 3.43. The molecule has 0 radical (unpaired) electrons. The number of hydrogen-bond donors (Lipinski definition) is 0. The average Bonchev–Trinajstić information content (AvgIpc) is 2.62. The molecule has 0 atom stereocenters. The van der Waals surface area contributed by atoms with E-state index in [9.17, 15) is 0 Å². The number of benzene rings is 1. The van der Waals surface area contributed by atoms with Gasteiger partial charge in [0.2, 0.25) is 0 Å². The fourth-order valence-corrected chi connectivity index (χ4v) is 1.43. The Morgan fingerprint density at radius 3 is 2.54 bits per heavy atom. The highest BCUT2D eigenvalue weighted by Gasteiger charge is 1.96. The lowest BCUT2D eigenvalue weighted by molar-refractivity contribution is 0.483. The molecule has 0 bridgehead atoms. The molecule has 0 fully saturated rings. The van der Waals surface area contributed by atoms with Crippen LogP contribution in [0.4, 0.5) is 0 Å². The molecule has 1 heterocycles. The molecule has 3 heteroatoms. The van der Waals surface area contributed by atoms with Crippen molar-refractivity contribution in [3.8, 4) is 11.5 Å². The largest absolute Gasteiger partial charge is 0.455 e. The molecule has 0 N–H and O–H groups in total. The van der Waals surface area contributed by atoms with Gasteiger partial charge in [-0.3, -0.25) is 0 Å². The molecule has 2 aromatic rings. The molecule has 0 aliphatic heterocycles. The third-order valence-corrected chi connectivity index (χ3v) is 2.23. The van der Waals surface area contributed by atoms with Crippen molar-refractivity contribution < 1.29 is 4.74 Å². The smallest absolute Gasteiger partial charge is 0.158 e. The Labute approximate surface area is 81.0 Å². The van der Waals surface area contributed by atoms with Crippen LogP contribution in [0.3, 0.4) is 0 Å². The fourth-order valence-electron chi connectivity index (χ4n) is 0.988. The van der Waals surface area contributed by atoms with Crippen LogP contribution >= 0.6 is 11.5 Å². The lowest BCUT2D eigenvalue weighted by Crippen LogP contribution is -1.81. The van der Waals surface area contributed by atoms with Crippen LogP contribution in [0.5, 0.6) is 11.5 Å². The van der Waals surface area contributed by atoms with Crippen LogP contribution in [0.1, 0.15) is 5.56 Å². The highest BCUT2D eigenvalue weighted by Crippen LogP contribution is 2.21. The lowest BCUT2D eigenvalue weighted by atomic mass is 10.2. The molecule has 0 amide bonds. The first kappa shape index (κ1) is 8.26. The van der Waals surface area contributed by atoms with E-state index in [-0.39, 0.29) is 0 Å². The van der Waals surface area contributed by atoms with Crippen LogP contribution < -0.4 is 4.74 Å². The summed E-state index contributed by atoms with van der Waals surface area (Å²) < 4.78 is 9.47. The molecule has 0 saturated heterocycles. The van der Waals surface area contributed by atoms with Crippen LogP contribution in [0.2, 0.25) is 0 Å². The molecule has 0 aliphatic carbocycles. The quantitative estimate of drug-likeness (QED) is 0.727. The van der Waals surface area contributed by atoms with Crippen molar-refractivity contribution in [1.29, 1.82) is 0 Å². The summed E-state index contributed by atoms with van der Waals surface area (Å²) in [5.74, 6) is 1.65. The van der Waals surface area contributed by atoms with E-state index in [4.69, 9.17) is 4.74 Å². The van der Waals surface area contributed by atoms with E-state index in [0.717, 1.165) is 11.5 Å². The van der Waals surface area contributed by atoms with E-state index in [2.05, 4.69) is 11.3 Å². The molecule has 2 rings (SSSR count). The zero-order valence-electron chi connectivity index (χ0n) is 7.23. The van der Waals surface area contributed by atoms with Crippen molar-refractivity contribution in [3.63, 3.8) is 0 Å². The SMILES string of the molecule is Cc1ccc(Oc2cnsc2)cc1. The van der Waals surface area contributed by atoms with Gasteiger partial charge in [0.25, 0.3) is 0 Å². The van der Waals surface area contributed by atoms with Gasteiger partial charge in [-0.2, -0.15) is 4.37 Å². The molecule has 66 valence electrons. The number of hydrogen-bond acceptors (Lipinski definition) is 3. The van der Waals surface area contributed by atoms with Crippen LogP contribution in [-0.2, 0) is 0 Å². The zero-order chi connectivity index (χ0) is 9.10. The molecular weight excluding hydrogens is 182 g/mol. The zero-order valence-corrected chi connectivity index (χ0v) is 8.04. The molecule has 1 aromatic carbocycles. The second-order valence-electron chi connectivity index (χ2n) is 2.78. The Morgan fingerprint density at radius 1 is 1.15 bits per heavy atom. The minimum atomic E-state index is 0.800. The monoisotopic (exact) mass is 191 g/mol. The van der Waals surface area contributed by atoms with Gasteiger partial charge in [-0.15, -0.1) is 0 Å². The Morgan fingerprint density at radius 2 is 1.92 bits per heavy atom. The van der Waals surface area contributed by atoms with Gasteiger partial charge >= 0.3 is 0 Å². The van der Waals surface area contributed by atoms with E-state index in [1.54, 1.807) is 6.20 Å². The molecule has 1 aromatic heterocycles. The standard InChI is InChI=1S/C10H9NOS/c1-8-2-4-9(5-3-8)12-10-6-11-13-7-10/h2-7H,1H3. The van der Waals surface area contributed by atoms with E-state index in [0.29, 0.717) is 0 Å². The minimum Gasteiger partial charge on any atom is -0.455 e. The van der Waals surface area contributed by atoms with Gasteiger partial charge in [0, 0.05) is 0 Å². The molecule has 2 nitrogen and oxygen atoms in total. The Balaban J connectivity index is 2.15. The summed E-state index contributed by atoms with van der Waals surface area (Å²) in [4.78, 5) is 0. The highest BCUT2D eigenvalue weighted by atomic mass is 32.1. The molecule has 0 unspecified atom stereocenters. The maximum absolute atomic E-state index is 5.52. The third kappa shape index (κ3) is 2.06. The summed E-state index contributed by atoms with van der Waals surface area (Å²) in [5, 5.41) is 1.87. The van der Waals surface area contributed by atoms with Crippen LogP contribution in [0.15, 0.2) is 35.8 Å². The van der Waals surface area contributed by atoms with Gasteiger partial charge < -0.3 is 4.74 Å². The second kappa shape index (κ2) is 3.58. The van der Waals surface area contributed by atoms with Crippen molar-refractivity contribution in [2.75, 3.05) is 0 Å². The Kier molecular flexibility index (Phi) is 2.27. The third-order valence-electron chi connectivity index (χ3n) is 1.67. The molecular formula is C10H9NOS. The van der Waals surface area contributed by atoms with Crippen molar-refractivity contribution >= 4 is 11.5 Å². The normalized spacial score (nSPS) is 9.92. The summed E-state index contributed by atoms with van der Waals surface area (Å²) in [6, 6.07) is 7.95. The lowest BCUT2D eigenvalue weighted by Gasteiger charge is -2.01. The van der Waals surface area contributed by atoms with E-state index in [1.807, 2.05) is 29.6 Å². The van der Waals surface area contributed by atoms with Crippen molar-refractivity contribution in [3.05, 3.63) is 41.4 Å². The first-order chi connectivity index (χ1) is 6.34. The van der Waals surface area contributed by atoms with Crippen LogP contribution in [0.25, 0.3) is 0 Å². The van der Waals surface area contributed by atoms with Gasteiger partial charge in [0.1, 0.15) is 5.75 Å². The van der Waals surface area contributed by atoms with Gasteiger partial charge in [-0.05, 0) is 30.6 Å². The minimum absolute atomic E-state index is 0.800. The summed E-state index contributed by atoms with van der Waals surface area (Å²) in [5.41, 5.74) is 1.23. The van der Waals surface area contributed by atoms with Crippen molar-refractivity contribution in [2.24, 2.45) is 0 Å². The number of rotatable bonds is 2. The van der Waals surface area contributed by atoms with Gasteiger partial charge in [0.05, 0.1) is 11.6 Å². The molecule has 0 spiro atoms.